The molecule has 1 fully saturated rings. The summed E-state index contributed by atoms with van der Waals surface area (Å²) < 4.78 is 0. The fourth-order valence-electron chi connectivity index (χ4n) is 4.00. The van der Waals surface area contributed by atoms with Gasteiger partial charge in [0.25, 0.3) is 17.5 Å². The summed E-state index contributed by atoms with van der Waals surface area (Å²) in [5, 5.41) is 19.9. The summed E-state index contributed by atoms with van der Waals surface area (Å²) in [4.78, 5) is 48.6. The van der Waals surface area contributed by atoms with Crippen LogP contribution in [0.5, 0.6) is 0 Å². The van der Waals surface area contributed by atoms with Crippen LogP contribution in [0.1, 0.15) is 16.7 Å². The van der Waals surface area contributed by atoms with E-state index in [2.05, 4.69) is 16.0 Å². The molecule has 2 heterocycles. The lowest BCUT2D eigenvalue weighted by molar-refractivity contribution is -0.384. The van der Waals surface area contributed by atoms with E-state index in [0.717, 1.165) is 10.5 Å². The highest BCUT2D eigenvalue weighted by molar-refractivity contribution is 6.37. The Hall–Kier alpha value is -5.25. The molecule has 3 aromatic carbocycles. The van der Waals surface area contributed by atoms with E-state index < -0.39 is 16.9 Å². The molecule has 5 rings (SSSR count). The fourth-order valence-corrected chi connectivity index (χ4v) is 4.00. The maximum atomic E-state index is 13.0. The third-order valence-corrected chi connectivity index (χ3v) is 5.84. The first-order valence-electron chi connectivity index (χ1n) is 10.9. The molecule has 4 amide bonds. The number of non-ortho nitro benzene ring substituents is 1. The standard InChI is InChI=1S/C26H19N5O5/c1-30-25(33)21(29-26(30)34)13-15-7-9-17(10-8-15)27-23(16-5-3-2-4-6-16)22-19-14-18(31(35)36)11-12-20(19)28-24(22)32/h2-14,27H,1H3,(H,28,32)(H,29,34)/b21-13-,23-22?. The van der Waals surface area contributed by atoms with Crippen LogP contribution in [0.2, 0.25) is 0 Å². The van der Waals surface area contributed by atoms with Gasteiger partial charge in [-0.1, -0.05) is 42.5 Å². The Morgan fingerprint density at radius 2 is 1.69 bits per heavy atom. The van der Waals surface area contributed by atoms with Gasteiger partial charge < -0.3 is 16.0 Å². The van der Waals surface area contributed by atoms with Crippen LogP contribution in [0.25, 0.3) is 17.3 Å². The van der Waals surface area contributed by atoms with Crippen molar-refractivity contribution in [2.24, 2.45) is 0 Å². The van der Waals surface area contributed by atoms with Crippen molar-refractivity contribution >= 4 is 52.3 Å². The van der Waals surface area contributed by atoms with E-state index in [1.165, 1.54) is 25.2 Å². The molecular formula is C26H19N5O5. The lowest BCUT2D eigenvalue weighted by Gasteiger charge is -2.15. The molecule has 1 saturated heterocycles. The predicted molar refractivity (Wildman–Crippen MR) is 134 cm³/mol. The normalized spacial score (nSPS) is 17.1. The average Bonchev–Trinajstić information content (AvgIpc) is 3.33. The molecule has 10 nitrogen and oxygen atoms in total. The minimum absolute atomic E-state index is 0.119. The lowest BCUT2D eigenvalue weighted by atomic mass is 9.99. The molecule has 0 bridgehead atoms. The number of likely N-dealkylation sites (N-methyl/N-ethyl adjacent to an activating group) is 1. The highest BCUT2D eigenvalue weighted by atomic mass is 16.6. The van der Waals surface area contributed by atoms with Crippen molar-refractivity contribution in [1.82, 2.24) is 10.2 Å². The second kappa shape index (κ2) is 8.84. The number of nitro groups is 1. The molecule has 10 heteroatoms. The molecule has 0 unspecified atom stereocenters. The number of carbonyl (C=O) groups excluding carboxylic acids is 3. The number of hydrogen-bond donors (Lipinski definition) is 3. The van der Waals surface area contributed by atoms with Crippen LogP contribution in [0.4, 0.5) is 21.9 Å². The third kappa shape index (κ3) is 4.07. The summed E-state index contributed by atoms with van der Waals surface area (Å²) in [5.74, 6) is -0.795. The van der Waals surface area contributed by atoms with E-state index in [9.17, 15) is 24.5 Å². The SMILES string of the molecule is CN1C(=O)N/C(=C\c2ccc(NC(=C3C(=O)Nc4ccc([N+](=O)[O-])cc43)c3ccccc3)cc2)C1=O. The van der Waals surface area contributed by atoms with Crippen molar-refractivity contribution < 1.29 is 19.3 Å². The van der Waals surface area contributed by atoms with Gasteiger partial charge in [0.1, 0.15) is 5.70 Å². The quantitative estimate of drug-likeness (QED) is 0.218. The average molecular weight is 481 g/mol. The number of nitrogens with one attached hydrogen (secondary N) is 3. The van der Waals surface area contributed by atoms with Gasteiger partial charge in [-0.3, -0.25) is 24.6 Å². The minimum atomic E-state index is -0.501. The number of hydrogen-bond acceptors (Lipinski definition) is 6. The van der Waals surface area contributed by atoms with Crippen LogP contribution >= 0.6 is 0 Å². The second-order valence-corrected chi connectivity index (χ2v) is 8.16. The molecule has 2 aliphatic heterocycles. The van der Waals surface area contributed by atoms with Gasteiger partial charge in [-0.2, -0.15) is 0 Å². The first-order chi connectivity index (χ1) is 17.3. The van der Waals surface area contributed by atoms with E-state index in [1.54, 1.807) is 30.3 Å². The summed E-state index contributed by atoms with van der Waals surface area (Å²) in [6, 6.07) is 20.0. The number of fused-ring (bicyclic) bond motifs is 1. The van der Waals surface area contributed by atoms with Crippen LogP contribution in [0.15, 0.2) is 78.5 Å². The first-order valence-corrected chi connectivity index (χ1v) is 10.9. The molecule has 0 saturated carbocycles. The Bertz CT molecular complexity index is 1490. The van der Waals surface area contributed by atoms with Gasteiger partial charge in [-0.25, -0.2) is 4.79 Å². The largest absolute Gasteiger partial charge is 0.354 e. The first kappa shape index (κ1) is 22.5. The van der Waals surface area contributed by atoms with Gasteiger partial charge in [0.15, 0.2) is 0 Å². The number of urea groups is 1. The fraction of sp³-hybridized carbons (Fsp3) is 0.0385. The minimum Gasteiger partial charge on any atom is -0.354 e. The van der Waals surface area contributed by atoms with E-state index in [-0.39, 0.29) is 22.9 Å². The molecule has 3 aromatic rings. The zero-order chi connectivity index (χ0) is 25.4. The molecule has 0 radical (unpaired) electrons. The van der Waals surface area contributed by atoms with E-state index >= 15 is 0 Å². The monoisotopic (exact) mass is 481 g/mol. The van der Waals surface area contributed by atoms with Gasteiger partial charge in [0, 0.05) is 36.1 Å². The van der Waals surface area contributed by atoms with Gasteiger partial charge >= 0.3 is 6.03 Å². The summed E-state index contributed by atoms with van der Waals surface area (Å²) in [6.45, 7) is 0. The highest BCUT2D eigenvalue weighted by Gasteiger charge is 2.31. The van der Waals surface area contributed by atoms with Crippen LogP contribution in [0.3, 0.4) is 0 Å². The number of imide groups is 1. The van der Waals surface area contributed by atoms with E-state index in [1.807, 2.05) is 30.3 Å². The molecule has 0 aliphatic carbocycles. The molecule has 0 atom stereocenters. The van der Waals surface area contributed by atoms with Crippen LogP contribution in [-0.2, 0) is 9.59 Å². The van der Waals surface area contributed by atoms with E-state index in [4.69, 9.17) is 0 Å². The van der Waals surface area contributed by atoms with Gasteiger partial charge in [-0.15, -0.1) is 0 Å². The summed E-state index contributed by atoms with van der Waals surface area (Å²) >= 11 is 0. The Kier molecular flexibility index (Phi) is 5.53. The Labute approximate surface area is 205 Å². The molecule has 2 aliphatic rings. The maximum absolute atomic E-state index is 13.0. The predicted octanol–water partition coefficient (Wildman–Crippen LogP) is 4.05. The van der Waals surface area contributed by atoms with Gasteiger partial charge in [0.2, 0.25) is 0 Å². The summed E-state index contributed by atoms with van der Waals surface area (Å²) in [6.07, 6.45) is 1.57. The maximum Gasteiger partial charge on any atom is 0.328 e. The van der Waals surface area contributed by atoms with Crippen molar-refractivity contribution in [3.63, 3.8) is 0 Å². The molecular weight excluding hydrogens is 462 g/mol. The zero-order valence-corrected chi connectivity index (χ0v) is 18.9. The zero-order valence-electron chi connectivity index (χ0n) is 18.9. The molecule has 0 aromatic heterocycles. The smallest absolute Gasteiger partial charge is 0.328 e. The number of nitrogens with zero attached hydrogens (tertiary/aromatic N) is 2. The number of benzene rings is 3. The van der Waals surface area contributed by atoms with Crippen molar-refractivity contribution in [2.75, 3.05) is 17.7 Å². The number of nitro benzene ring substituents is 1. The summed E-state index contributed by atoms with van der Waals surface area (Å²) in [5.41, 5.74) is 3.81. The van der Waals surface area contributed by atoms with Crippen molar-refractivity contribution in [2.45, 2.75) is 0 Å². The van der Waals surface area contributed by atoms with Crippen molar-refractivity contribution in [3.05, 3.63) is 105 Å². The molecule has 36 heavy (non-hydrogen) atoms. The number of anilines is 2. The van der Waals surface area contributed by atoms with Crippen molar-refractivity contribution in [1.29, 1.82) is 0 Å². The molecule has 3 N–H and O–H groups in total. The summed E-state index contributed by atoms with van der Waals surface area (Å²) in [7, 11) is 1.40. The number of amides is 4. The Morgan fingerprint density at radius 1 is 0.972 bits per heavy atom. The van der Waals surface area contributed by atoms with Crippen LogP contribution < -0.4 is 16.0 Å². The topological polar surface area (TPSA) is 134 Å². The Morgan fingerprint density at radius 3 is 2.33 bits per heavy atom. The highest BCUT2D eigenvalue weighted by Crippen LogP contribution is 2.39. The van der Waals surface area contributed by atoms with Gasteiger partial charge in [0.05, 0.1) is 16.2 Å². The molecule has 178 valence electrons. The second-order valence-electron chi connectivity index (χ2n) is 8.16. The molecule has 0 spiro atoms. The Balaban J connectivity index is 1.54. The van der Waals surface area contributed by atoms with E-state index in [0.29, 0.717) is 28.2 Å². The van der Waals surface area contributed by atoms with Crippen LogP contribution in [-0.4, -0.2) is 34.7 Å². The van der Waals surface area contributed by atoms with Crippen molar-refractivity contribution in [3.8, 4) is 0 Å². The lowest BCUT2D eigenvalue weighted by Crippen LogP contribution is -2.25. The van der Waals surface area contributed by atoms with Crippen LogP contribution in [0, 0.1) is 10.1 Å². The number of carbonyl (C=O) groups is 3. The third-order valence-electron chi connectivity index (χ3n) is 5.84. The number of rotatable bonds is 5. The van der Waals surface area contributed by atoms with Gasteiger partial charge in [-0.05, 0) is 35.4 Å².